The Labute approximate surface area is 147 Å². The van der Waals surface area contributed by atoms with Crippen LogP contribution in [0.25, 0.3) is 10.9 Å². The average molecular weight is 345 g/mol. The highest BCUT2D eigenvalue weighted by atomic mass is 32.1. The molecule has 2 N–H and O–H groups in total. The van der Waals surface area contributed by atoms with Crippen molar-refractivity contribution in [3.8, 4) is 0 Å². The number of ether oxygens (including phenoxy) is 1. The number of nitrogens with one attached hydrogen (secondary N) is 2. The number of aromatic nitrogens is 1. The van der Waals surface area contributed by atoms with Gasteiger partial charge in [0.2, 0.25) is 0 Å². The normalized spacial score (nSPS) is 15.5. The molecule has 0 saturated carbocycles. The fraction of sp³-hybridized carbons (Fsp3) is 0.444. The SMILES string of the molecule is CCOC(=O)c1[nH]c2ccccc2c1NC(=S)N1CCC(C)CC1. The van der Waals surface area contributed by atoms with Crippen molar-refractivity contribution < 1.29 is 9.53 Å². The van der Waals surface area contributed by atoms with Crippen LogP contribution < -0.4 is 5.32 Å². The van der Waals surface area contributed by atoms with Crippen molar-refractivity contribution in [3.05, 3.63) is 30.0 Å². The van der Waals surface area contributed by atoms with Gasteiger partial charge in [0.05, 0.1) is 12.3 Å². The second kappa shape index (κ2) is 7.21. The number of likely N-dealkylation sites (tertiary alicyclic amines) is 1. The molecule has 0 unspecified atom stereocenters. The van der Waals surface area contributed by atoms with E-state index in [2.05, 4.69) is 22.1 Å². The molecule has 2 heterocycles. The van der Waals surface area contributed by atoms with Crippen LogP contribution in [0.15, 0.2) is 24.3 Å². The van der Waals surface area contributed by atoms with Crippen LogP contribution >= 0.6 is 12.2 Å². The third-order valence-electron chi connectivity index (χ3n) is 4.49. The molecule has 1 aliphatic rings. The standard InChI is InChI=1S/C18H23N3O2S/c1-3-23-17(22)16-15(13-6-4-5-7-14(13)19-16)20-18(24)21-10-8-12(2)9-11-21/h4-7,12,19H,3,8-11H2,1-2H3,(H,20,24). The van der Waals surface area contributed by atoms with Gasteiger partial charge >= 0.3 is 5.97 Å². The first-order valence-electron chi connectivity index (χ1n) is 8.44. The topological polar surface area (TPSA) is 57.4 Å². The summed E-state index contributed by atoms with van der Waals surface area (Å²) in [5.74, 6) is 0.374. The van der Waals surface area contributed by atoms with Gasteiger partial charge < -0.3 is 19.9 Å². The number of fused-ring (bicyclic) bond motifs is 1. The lowest BCUT2D eigenvalue weighted by Gasteiger charge is -2.32. The van der Waals surface area contributed by atoms with E-state index in [0.29, 0.717) is 23.1 Å². The molecule has 2 aromatic rings. The summed E-state index contributed by atoms with van der Waals surface area (Å²) in [5.41, 5.74) is 2.01. The van der Waals surface area contributed by atoms with Crippen LogP contribution in [0.4, 0.5) is 5.69 Å². The van der Waals surface area contributed by atoms with E-state index in [-0.39, 0.29) is 5.97 Å². The van der Waals surface area contributed by atoms with Gasteiger partial charge in [-0.2, -0.15) is 0 Å². The highest BCUT2D eigenvalue weighted by Crippen LogP contribution is 2.29. The van der Waals surface area contributed by atoms with Crippen LogP contribution in [0, 0.1) is 5.92 Å². The monoisotopic (exact) mass is 345 g/mol. The summed E-state index contributed by atoms with van der Waals surface area (Å²) >= 11 is 5.58. The van der Waals surface area contributed by atoms with E-state index in [1.165, 1.54) is 0 Å². The maximum atomic E-state index is 12.3. The van der Waals surface area contributed by atoms with Gasteiger partial charge in [0.15, 0.2) is 5.11 Å². The molecule has 0 aliphatic carbocycles. The molecule has 6 heteroatoms. The first-order valence-corrected chi connectivity index (χ1v) is 8.84. The maximum Gasteiger partial charge on any atom is 0.356 e. The largest absolute Gasteiger partial charge is 0.461 e. The number of esters is 1. The molecule has 24 heavy (non-hydrogen) atoms. The zero-order valence-electron chi connectivity index (χ0n) is 14.1. The van der Waals surface area contributed by atoms with E-state index in [4.69, 9.17) is 17.0 Å². The second-order valence-electron chi connectivity index (χ2n) is 6.24. The first-order chi connectivity index (χ1) is 11.6. The minimum atomic E-state index is -0.369. The summed E-state index contributed by atoms with van der Waals surface area (Å²) in [7, 11) is 0. The Balaban J connectivity index is 1.88. The van der Waals surface area contributed by atoms with Crippen molar-refractivity contribution in [1.82, 2.24) is 9.88 Å². The summed E-state index contributed by atoms with van der Waals surface area (Å²) < 4.78 is 5.17. The number of anilines is 1. The summed E-state index contributed by atoms with van der Waals surface area (Å²) in [5, 5.41) is 4.88. The minimum absolute atomic E-state index is 0.335. The molecule has 0 bridgehead atoms. The molecule has 128 valence electrons. The molecular weight excluding hydrogens is 322 g/mol. The Hall–Kier alpha value is -2.08. The lowest BCUT2D eigenvalue weighted by Crippen LogP contribution is -2.40. The predicted octanol–water partition coefficient (Wildman–Crippen LogP) is 3.77. The van der Waals surface area contributed by atoms with Crippen molar-refractivity contribution in [2.45, 2.75) is 26.7 Å². The van der Waals surface area contributed by atoms with E-state index in [1.807, 2.05) is 24.3 Å². The van der Waals surface area contributed by atoms with Crippen LogP contribution in [-0.2, 0) is 4.74 Å². The summed E-state index contributed by atoms with van der Waals surface area (Å²) in [6.45, 7) is 6.30. The molecule has 0 amide bonds. The molecule has 1 aromatic heterocycles. The molecule has 3 rings (SSSR count). The van der Waals surface area contributed by atoms with E-state index in [0.717, 1.165) is 42.8 Å². The highest BCUT2D eigenvalue weighted by molar-refractivity contribution is 7.80. The highest BCUT2D eigenvalue weighted by Gasteiger charge is 2.23. The zero-order valence-corrected chi connectivity index (χ0v) is 14.9. The van der Waals surface area contributed by atoms with E-state index < -0.39 is 0 Å². The minimum Gasteiger partial charge on any atom is -0.461 e. The van der Waals surface area contributed by atoms with Gasteiger partial charge in [-0.1, -0.05) is 25.1 Å². The average Bonchev–Trinajstić information content (AvgIpc) is 2.94. The molecule has 0 spiro atoms. The van der Waals surface area contributed by atoms with E-state index in [1.54, 1.807) is 6.92 Å². The van der Waals surface area contributed by atoms with E-state index in [9.17, 15) is 4.79 Å². The van der Waals surface area contributed by atoms with Crippen molar-refractivity contribution in [3.63, 3.8) is 0 Å². The number of para-hydroxylation sites is 1. The number of hydrogen-bond donors (Lipinski definition) is 2. The lowest BCUT2D eigenvalue weighted by atomic mass is 10.00. The number of hydrogen-bond acceptors (Lipinski definition) is 3. The quantitative estimate of drug-likeness (QED) is 0.655. The molecule has 1 aromatic carbocycles. The predicted molar refractivity (Wildman–Crippen MR) is 100 cm³/mol. The molecule has 5 nitrogen and oxygen atoms in total. The number of rotatable bonds is 3. The van der Waals surface area contributed by atoms with Crippen LogP contribution in [-0.4, -0.2) is 40.7 Å². The third-order valence-corrected chi connectivity index (χ3v) is 4.85. The number of benzene rings is 1. The van der Waals surface area contributed by atoms with Gasteiger partial charge in [-0.3, -0.25) is 0 Å². The first kappa shape index (κ1) is 16.8. The number of aromatic amines is 1. The Morgan fingerprint density at radius 1 is 1.38 bits per heavy atom. The molecule has 1 saturated heterocycles. The number of carbonyl (C=O) groups excluding carboxylic acids is 1. The second-order valence-corrected chi connectivity index (χ2v) is 6.63. The lowest BCUT2D eigenvalue weighted by molar-refractivity contribution is 0.0522. The molecule has 1 fully saturated rings. The van der Waals surface area contributed by atoms with Crippen LogP contribution in [0.1, 0.15) is 37.2 Å². The van der Waals surface area contributed by atoms with E-state index >= 15 is 0 Å². The molecule has 0 radical (unpaired) electrons. The van der Waals surface area contributed by atoms with Crippen LogP contribution in [0.3, 0.4) is 0 Å². The van der Waals surface area contributed by atoms with Gasteiger partial charge in [0.25, 0.3) is 0 Å². The van der Waals surface area contributed by atoms with Crippen molar-refractivity contribution in [2.24, 2.45) is 5.92 Å². The van der Waals surface area contributed by atoms with Crippen LogP contribution in [0.2, 0.25) is 0 Å². The molecule has 0 atom stereocenters. The van der Waals surface area contributed by atoms with Gasteiger partial charge in [0, 0.05) is 24.0 Å². The maximum absolute atomic E-state index is 12.3. The zero-order chi connectivity index (χ0) is 17.1. The summed E-state index contributed by atoms with van der Waals surface area (Å²) in [6.07, 6.45) is 2.28. The fourth-order valence-corrected chi connectivity index (χ4v) is 3.31. The van der Waals surface area contributed by atoms with Crippen molar-refractivity contribution in [1.29, 1.82) is 0 Å². The number of H-pyrrole nitrogens is 1. The number of piperidine rings is 1. The van der Waals surface area contributed by atoms with Gasteiger partial charge in [-0.25, -0.2) is 4.79 Å². The van der Waals surface area contributed by atoms with Gasteiger partial charge in [0.1, 0.15) is 5.69 Å². The Bertz CT molecular complexity index is 748. The smallest absolute Gasteiger partial charge is 0.356 e. The summed E-state index contributed by atoms with van der Waals surface area (Å²) in [6, 6.07) is 7.79. The Morgan fingerprint density at radius 2 is 2.08 bits per heavy atom. The van der Waals surface area contributed by atoms with Crippen molar-refractivity contribution >= 4 is 39.9 Å². The number of thiocarbonyl (C=S) groups is 1. The third kappa shape index (κ3) is 3.38. The Morgan fingerprint density at radius 3 is 2.79 bits per heavy atom. The fourth-order valence-electron chi connectivity index (χ4n) is 3.03. The Kier molecular flexibility index (Phi) is 5.04. The van der Waals surface area contributed by atoms with Crippen LogP contribution in [0.5, 0.6) is 0 Å². The van der Waals surface area contributed by atoms with Crippen molar-refractivity contribution in [2.75, 3.05) is 25.0 Å². The van der Waals surface area contributed by atoms with Gasteiger partial charge in [-0.15, -0.1) is 0 Å². The number of carbonyl (C=O) groups is 1. The molecular formula is C18H23N3O2S. The number of nitrogens with zero attached hydrogens (tertiary/aromatic N) is 1. The summed E-state index contributed by atoms with van der Waals surface area (Å²) in [4.78, 5) is 17.6. The molecule has 1 aliphatic heterocycles. The van der Waals surface area contributed by atoms with Gasteiger partial charge in [-0.05, 0) is 44.0 Å².